The SMILES string of the molecule is Cc1ccccc1OCC(=O)N[C@H](CC(C)C)C(=O)N/N=C\c1ccc(Br)o1. The number of carbonyl (C=O) groups is 2. The number of amides is 2. The second-order valence-corrected chi connectivity index (χ2v) is 7.46. The molecule has 0 spiro atoms. The Balaban J connectivity index is 1.90. The molecule has 1 aromatic heterocycles. The summed E-state index contributed by atoms with van der Waals surface area (Å²) in [6, 6.07) is 10.1. The van der Waals surface area contributed by atoms with Crippen LogP contribution in [-0.4, -0.2) is 30.7 Å². The van der Waals surface area contributed by atoms with Crippen molar-refractivity contribution in [3.8, 4) is 5.75 Å². The summed E-state index contributed by atoms with van der Waals surface area (Å²) in [7, 11) is 0. The number of nitrogens with zero attached hydrogens (tertiary/aromatic N) is 1. The number of carbonyl (C=O) groups excluding carboxylic acids is 2. The quantitative estimate of drug-likeness (QED) is 0.453. The third-order valence-corrected chi connectivity index (χ3v) is 4.20. The molecule has 7 nitrogen and oxygen atoms in total. The Morgan fingerprint density at radius 1 is 1.25 bits per heavy atom. The van der Waals surface area contributed by atoms with Crippen molar-refractivity contribution in [3.05, 3.63) is 52.4 Å². The summed E-state index contributed by atoms with van der Waals surface area (Å²) < 4.78 is 11.4. The monoisotopic (exact) mass is 449 g/mol. The molecule has 2 amide bonds. The average Bonchev–Trinajstić information content (AvgIpc) is 3.05. The first-order chi connectivity index (χ1) is 13.3. The summed E-state index contributed by atoms with van der Waals surface area (Å²) in [5, 5.41) is 6.58. The van der Waals surface area contributed by atoms with Gasteiger partial charge in [0.15, 0.2) is 11.3 Å². The van der Waals surface area contributed by atoms with Gasteiger partial charge in [0.25, 0.3) is 11.8 Å². The highest BCUT2D eigenvalue weighted by Gasteiger charge is 2.22. The van der Waals surface area contributed by atoms with Gasteiger partial charge in [-0.25, -0.2) is 5.43 Å². The highest BCUT2D eigenvalue weighted by atomic mass is 79.9. The van der Waals surface area contributed by atoms with E-state index in [0.717, 1.165) is 5.56 Å². The zero-order valence-electron chi connectivity index (χ0n) is 16.1. The van der Waals surface area contributed by atoms with Gasteiger partial charge in [0, 0.05) is 0 Å². The molecule has 8 heteroatoms. The van der Waals surface area contributed by atoms with Gasteiger partial charge in [-0.2, -0.15) is 5.10 Å². The maximum absolute atomic E-state index is 12.4. The zero-order chi connectivity index (χ0) is 20.5. The van der Waals surface area contributed by atoms with E-state index in [4.69, 9.17) is 9.15 Å². The van der Waals surface area contributed by atoms with Crippen LogP contribution in [0.2, 0.25) is 0 Å². The third-order valence-electron chi connectivity index (χ3n) is 3.77. The number of halogens is 1. The number of furan rings is 1. The van der Waals surface area contributed by atoms with Crippen LogP contribution in [0.15, 0.2) is 50.6 Å². The van der Waals surface area contributed by atoms with Gasteiger partial charge in [-0.15, -0.1) is 0 Å². The topological polar surface area (TPSA) is 92.9 Å². The largest absolute Gasteiger partial charge is 0.484 e. The van der Waals surface area contributed by atoms with Gasteiger partial charge >= 0.3 is 0 Å². The number of benzene rings is 1. The first-order valence-electron chi connectivity index (χ1n) is 8.91. The summed E-state index contributed by atoms with van der Waals surface area (Å²) in [6.45, 7) is 5.67. The number of hydrazone groups is 1. The van der Waals surface area contributed by atoms with Crippen LogP contribution in [0.1, 0.15) is 31.6 Å². The van der Waals surface area contributed by atoms with Gasteiger partial charge in [-0.3, -0.25) is 9.59 Å². The number of hydrogen-bond acceptors (Lipinski definition) is 5. The molecule has 0 aliphatic rings. The Hall–Kier alpha value is -2.61. The van der Waals surface area contributed by atoms with E-state index >= 15 is 0 Å². The Kier molecular flexibility index (Phi) is 8.25. The summed E-state index contributed by atoms with van der Waals surface area (Å²) >= 11 is 3.19. The molecule has 2 aromatic rings. The number of rotatable bonds is 9. The van der Waals surface area contributed by atoms with Crippen molar-refractivity contribution in [2.45, 2.75) is 33.2 Å². The number of hydrogen-bond donors (Lipinski definition) is 2. The molecular formula is C20H24BrN3O4. The minimum absolute atomic E-state index is 0.170. The fourth-order valence-electron chi connectivity index (χ4n) is 2.44. The van der Waals surface area contributed by atoms with E-state index in [9.17, 15) is 9.59 Å². The Labute approximate surface area is 172 Å². The van der Waals surface area contributed by atoms with Crippen LogP contribution in [0, 0.1) is 12.8 Å². The molecule has 1 heterocycles. The summed E-state index contributed by atoms with van der Waals surface area (Å²) in [5.41, 5.74) is 3.37. The van der Waals surface area contributed by atoms with Crippen molar-refractivity contribution in [1.29, 1.82) is 0 Å². The van der Waals surface area contributed by atoms with Gasteiger partial charge in [-0.1, -0.05) is 32.0 Å². The lowest BCUT2D eigenvalue weighted by Gasteiger charge is -2.19. The van der Waals surface area contributed by atoms with Gasteiger partial charge in [0.05, 0.1) is 6.21 Å². The second-order valence-electron chi connectivity index (χ2n) is 6.68. The van der Waals surface area contributed by atoms with E-state index in [1.165, 1.54) is 6.21 Å². The highest BCUT2D eigenvalue weighted by Crippen LogP contribution is 2.16. The van der Waals surface area contributed by atoms with E-state index in [1.54, 1.807) is 18.2 Å². The smallest absolute Gasteiger partial charge is 0.262 e. The first kappa shape index (κ1) is 21.7. The minimum Gasteiger partial charge on any atom is -0.484 e. The molecule has 0 aliphatic carbocycles. The third kappa shape index (κ3) is 7.19. The van der Waals surface area contributed by atoms with E-state index in [-0.39, 0.29) is 18.4 Å². The fourth-order valence-corrected chi connectivity index (χ4v) is 2.75. The van der Waals surface area contributed by atoms with Crippen molar-refractivity contribution in [2.24, 2.45) is 11.0 Å². The lowest BCUT2D eigenvalue weighted by Crippen LogP contribution is -2.47. The van der Waals surface area contributed by atoms with Crippen LogP contribution in [0.5, 0.6) is 5.75 Å². The molecular weight excluding hydrogens is 426 g/mol. The maximum Gasteiger partial charge on any atom is 0.262 e. The molecule has 2 rings (SSSR count). The Morgan fingerprint density at radius 2 is 2.00 bits per heavy atom. The van der Waals surface area contributed by atoms with Crippen LogP contribution in [-0.2, 0) is 9.59 Å². The summed E-state index contributed by atoms with van der Waals surface area (Å²) in [6.07, 6.45) is 1.86. The lowest BCUT2D eigenvalue weighted by atomic mass is 10.0. The maximum atomic E-state index is 12.4. The number of aryl methyl sites for hydroxylation is 1. The number of nitrogens with one attached hydrogen (secondary N) is 2. The van der Waals surface area contributed by atoms with Crippen LogP contribution in [0.4, 0.5) is 0 Å². The van der Waals surface area contributed by atoms with Gasteiger partial charge in [-0.05, 0) is 59.0 Å². The van der Waals surface area contributed by atoms with Crippen molar-refractivity contribution >= 4 is 34.0 Å². The molecule has 150 valence electrons. The molecule has 0 saturated carbocycles. The molecule has 0 bridgehead atoms. The van der Waals surface area contributed by atoms with Crippen molar-refractivity contribution in [1.82, 2.24) is 10.7 Å². The van der Waals surface area contributed by atoms with E-state index in [2.05, 4.69) is 31.8 Å². The number of para-hydroxylation sites is 1. The second kappa shape index (κ2) is 10.7. The van der Waals surface area contributed by atoms with E-state index < -0.39 is 11.9 Å². The van der Waals surface area contributed by atoms with Crippen molar-refractivity contribution in [2.75, 3.05) is 6.61 Å². The molecule has 0 fully saturated rings. The van der Waals surface area contributed by atoms with Gasteiger partial charge in [0.1, 0.15) is 17.6 Å². The normalized spacial score (nSPS) is 12.2. The molecule has 0 radical (unpaired) electrons. The van der Waals surface area contributed by atoms with E-state index in [1.807, 2.05) is 39.0 Å². The van der Waals surface area contributed by atoms with Crippen molar-refractivity contribution in [3.63, 3.8) is 0 Å². The summed E-state index contributed by atoms with van der Waals surface area (Å²) in [5.74, 6) is 0.557. The first-order valence-corrected chi connectivity index (χ1v) is 9.70. The Morgan fingerprint density at radius 3 is 2.64 bits per heavy atom. The number of ether oxygens (including phenoxy) is 1. The van der Waals surface area contributed by atoms with Crippen LogP contribution in [0.3, 0.4) is 0 Å². The minimum atomic E-state index is -0.714. The molecule has 28 heavy (non-hydrogen) atoms. The van der Waals surface area contributed by atoms with Crippen molar-refractivity contribution < 1.29 is 18.7 Å². The molecule has 1 aromatic carbocycles. The molecule has 2 N–H and O–H groups in total. The average molecular weight is 450 g/mol. The fraction of sp³-hybridized carbons (Fsp3) is 0.350. The zero-order valence-corrected chi connectivity index (χ0v) is 17.7. The Bertz CT molecular complexity index is 832. The molecule has 1 atom stereocenters. The van der Waals surface area contributed by atoms with Crippen LogP contribution < -0.4 is 15.5 Å². The standard InChI is InChI=1S/C20H24BrN3O4/c1-13(2)10-16(20(26)24-22-11-15-8-9-18(21)28-15)23-19(25)12-27-17-7-5-4-6-14(17)3/h4-9,11,13,16H,10,12H2,1-3H3,(H,23,25)(H,24,26)/b22-11-/t16-/m1/s1. The predicted molar refractivity (Wildman–Crippen MR) is 110 cm³/mol. The van der Waals surface area contributed by atoms with Gasteiger partial charge < -0.3 is 14.5 Å². The van der Waals surface area contributed by atoms with Crippen LogP contribution in [0.25, 0.3) is 0 Å². The van der Waals surface area contributed by atoms with E-state index in [0.29, 0.717) is 22.6 Å². The highest BCUT2D eigenvalue weighted by molar-refractivity contribution is 9.10. The molecule has 0 unspecified atom stereocenters. The van der Waals surface area contributed by atoms with Crippen LogP contribution >= 0.6 is 15.9 Å². The van der Waals surface area contributed by atoms with Gasteiger partial charge in [0.2, 0.25) is 0 Å². The predicted octanol–water partition coefficient (Wildman–Crippen LogP) is 3.41. The molecule has 0 saturated heterocycles. The lowest BCUT2D eigenvalue weighted by molar-refractivity contribution is -0.130. The molecule has 0 aliphatic heterocycles. The summed E-state index contributed by atoms with van der Waals surface area (Å²) in [4.78, 5) is 24.7.